The highest BCUT2D eigenvalue weighted by molar-refractivity contribution is 5.99. The number of carbonyl (C=O) groups excluding carboxylic acids is 1. The molecule has 0 spiro atoms. The second-order valence-corrected chi connectivity index (χ2v) is 4.66. The van der Waals surface area contributed by atoms with E-state index in [9.17, 15) is 15.0 Å². The number of hydrogen-bond donors (Lipinski definition) is 5. The molecule has 18 heavy (non-hydrogen) atoms. The molecule has 1 saturated heterocycles. The summed E-state index contributed by atoms with van der Waals surface area (Å²) >= 11 is 0. The average molecular weight is 257 g/mol. The number of urea groups is 1. The summed E-state index contributed by atoms with van der Waals surface area (Å²) in [6.45, 7) is -0.335. The van der Waals surface area contributed by atoms with Gasteiger partial charge in [0.25, 0.3) is 0 Å². The normalized spacial score (nSPS) is 44.2. The van der Waals surface area contributed by atoms with Crippen molar-refractivity contribution >= 4 is 11.9 Å². The molecule has 2 aliphatic heterocycles. The monoisotopic (exact) mass is 257 g/mol. The van der Waals surface area contributed by atoms with E-state index in [1.165, 1.54) is 12.3 Å². The fourth-order valence-corrected chi connectivity index (χ4v) is 2.24. The number of nitrogens with two attached hydrogens (primary N) is 1. The molecule has 0 aromatic carbocycles. The smallest absolute Gasteiger partial charge is 0.395 e. The number of amides is 2. The summed E-state index contributed by atoms with van der Waals surface area (Å²) in [7, 11) is 1.54. The van der Waals surface area contributed by atoms with Crippen LogP contribution in [0.5, 0.6) is 0 Å². The van der Waals surface area contributed by atoms with Gasteiger partial charge in [0.15, 0.2) is 6.17 Å². The fraction of sp³-hybridized carbons (Fsp3) is 0.600. The quantitative estimate of drug-likeness (QED) is 0.346. The zero-order chi connectivity index (χ0) is 13.5. The molecule has 0 radical (unpaired) electrons. The molecule has 1 fully saturated rings. The van der Waals surface area contributed by atoms with Gasteiger partial charge >= 0.3 is 6.03 Å². The Morgan fingerprint density at radius 3 is 2.67 bits per heavy atom. The highest BCUT2D eigenvalue weighted by Gasteiger charge is 2.53. The Kier molecular flexibility index (Phi) is 3.21. The molecule has 2 aliphatic rings. The Balaban J connectivity index is 2.27. The predicted molar refractivity (Wildman–Crippen MR) is 62.2 cm³/mol. The summed E-state index contributed by atoms with van der Waals surface area (Å²) in [6, 6.07) is -1.22. The van der Waals surface area contributed by atoms with Gasteiger partial charge in [0.2, 0.25) is 0 Å². The van der Waals surface area contributed by atoms with Gasteiger partial charge in [-0.3, -0.25) is 5.32 Å². The minimum absolute atomic E-state index is 0.0994. The lowest BCUT2D eigenvalue weighted by Crippen LogP contribution is -2.61. The Hall–Kier alpha value is -1.32. The Morgan fingerprint density at radius 2 is 2.17 bits per heavy atom. The number of carbonyl (C=O) groups is 1. The van der Waals surface area contributed by atoms with Crippen molar-refractivity contribution in [3.8, 4) is 0 Å². The van der Waals surface area contributed by atoms with E-state index in [0.717, 1.165) is 0 Å². The third-order valence-electron chi connectivity index (χ3n) is 3.44. The standard InChI is InChI=1S/C10H16N4O4/c1-14(3-2-6(11)13-10(14)18)9-8(17)7(16)5(4-15)12-9/h2-3,5,7-9,12,15-17H,4H2,1H3,(H-,11,13,18)/p+1. The lowest BCUT2D eigenvalue weighted by Gasteiger charge is -2.34. The van der Waals surface area contributed by atoms with Gasteiger partial charge in [-0.15, -0.1) is 4.99 Å². The van der Waals surface area contributed by atoms with Gasteiger partial charge in [-0.05, 0) is 0 Å². The van der Waals surface area contributed by atoms with E-state index in [1.807, 2.05) is 0 Å². The van der Waals surface area contributed by atoms with Gasteiger partial charge in [-0.1, -0.05) is 0 Å². The molecule has 8 nitrogen and oxygen atoms in total. The molecule has 5 atom stereocenters. The van der Waals surface area contributed by atoms with Crippen molar-refractivity contribution in [3.63, 3.8) is 0 Å². The molecule has 5 unspecified atom stereocenters. The number of aliphatic hydroxyl groups excluding tert-OH is 3. The zero-order valence-electron chi connectivity index (χ0n) is 9.89. The third-order valence-corrected chi connectivity index (χ3v) is 3.44. The number of likely N-dealkylation sites (N-methyl/N-ethyl adjacent to an activating group) is 1. The maximum Gasteiger partial charge on any atom is 0.450 e. The zero-order valence-corrected chi connectivity index (χ0v) is 9.89. The van der Waals surface area contributed by atoms with Crippen molar-refractivity contribution in [2.45, 2.75) is 24.4 Å². The van der Waals surface area contributed by atoms with Crippen LogP contribution in [0.4, 0.5) is 4.79 Å². The number of hydrogen-bond acceptors (Lipinski definition) is 6. The molecule has 6 N–H and O–H groups in total. The molecule has 8 heteroatoms. The van der Waals surface area contributed by atoms with Gasteiger partial charge in [-0.2, -0.15) is 4.48 Å². The number of quaternary nitrogens is 1. The van der Waals surface area contributed by atoms with E-state index in [4.69, 9.17) is 10.8 Å². The number of aliphatic imine (C=N–C) groups is 1. The summed E-state index contributed by atoms with van der Waals surface area (Å²) in [6.07, 6.45) is -0.139. The second kappa shape index (κ2) is 4.41. The van der Waals surface area contributed by atoms with Crippen LogP contribution in [-0.4, -0.2) is 69.7 Å². The van der Waals surface area contributed by atoms with Crippen LogP contribution >= 0.6 is 0 Å². The average Bonchev–Trinajstić information content (AvgIpc) is 2.62. The first kappa shape index (κ1) is 13.1. The predicted octanol–water partition coefficient (Wildman–Crippen LogP) is -2.55. The van der Waals surface area contributed by atoms with Crippen LogP contribution in [0.2, 0.25) is 0 Å². The van der Waals surface area contributed by atoms with Crippen molar-refractivity contribution in [3.05, 3.63) is 12.3 Å². The third kappa shape index (κ3) is 1.84. The van der Waals surface area contributed by atoms with E-state index in [2.05, 4.69) is 10.3 Å². The fourth-order valence-electron chi connectivity index (χ4n) is 2.24. The van der Waals surface area contributed by atoms with Crippen molar-refractivity contribution in [2.75, 3.05) is 13.7 Å². The maximum atomic E-state index is 11.9. The summed E-state index contributed by atoms with van der Waals surface area (Å²) < 4.78 is -0.352. The molecule has 0 aliphatic carbocycles. The minimum atomic E-state index is -1.18. The lowest BCUT2D eigenvalue weighted by atomic mass is 10.1. The molecular formula is C10H17N4O4+. The van der Waals surface area contributed by atoms with E-state index in [-0.39, 0.29) is 16.9 Å². The molecular weight excluding hydrogens is 240 g/mol. The van der Waals surface area contributed by atoms with Crippen molar-refractivity contribution < 1.29 is 24.6 Å². The molecule has 0 aromatic heterocycles. The first-order valence-corrected chi connectivity index (χ1v) is 5.57. The lowest BCUT2D eigenvalue weighted by molar-refractivity contribution is -0.811. The summed E-state index contributed by atoms with van der Waals surface area (Å²) in [4.78, 5) is 15.6. The Labute approximate surface area is 104 Å². The molecule has 2 heterocycles. The molecule has 2 amide bonds. The summed E-state index contributed by atoms with van der Waals surface area (Å²) in [5.41, 5.74) is 5.42. The van der Waals surface area contributed by atoms with Crippen molar-refractivity contribution in [1.29, 1.82) is 0 Å². The molecule has 0 aromatic rings. The first-order chi connectivity index (χ1) is 8.40. The van der Waals surface area contributed by atoms with E-state index >= 15 is 0 Å². The van der Waals surface area contributed by atoms with Crippen LogP contribution in [0.1, 0.15) is 0 Å². The van der Waals surface area contributed by atoms with Gasteiger partial charge in [-0.25, -0.2) is 4.79 Å². The van der Waals surface area contributed by atoms with Crippen LogP contribution in [0.15, 0.2) is 17.3 Å². The molecule has 100 valence electrons. The highest BCUT2D eigenvalue weighted by Crippen LogP contribution is 2.25. The van der Waals surface area contributed by atoms with Gasteiger partial charge in [0, 0.05) is 6.08 Å². The number of nitrogens with one attached hydrogen (secondary N) is 1. The molecule has 0 bridgehead atoms. The number of rotatable bonds is 2. The topological polar surface area (TPSA) is 128 Å². The van der Waals surface area contributed by atoms with Crippen molar-refractivity contribution in [1.82, 2.24) is 5.32 Å². The van der Waals surface area contributed by atoms with Crippen LogP contribution < -0.4 is 11.1 Å². The minimum Gasteiger partial charge on any atom is -0.395 e. The maximum absolute atomic E-state index is 11.9. The largest absolute Gasteiger partial charge is 0.450 e. The number of amidine groups is 1. The Morgan fingerprint density at radius 1 is 1.50 bits per heavy atom. The SMILES string of the molecule is C[N+]1(C2NC(CO)C(O)C2O)C=CC(N)=NC1=O. The van der Waals surface area contributed by atoms with Crippen LogP contribution in [0, 0.1) is 0 Å². The van der Waals surface area contributed by atoms with Crippen LogP contribution in [0.3, 0.4) is 0 Å². The van der Waals surface area contributed by atoms with E-state index < -0.39 is 30.4 Å². The summed E-state index contributed by atoms with van der Waals surface area (Å²) in [5, 5.41) is 31.6. The Bertz CT molecular complexity index is 424. The highest BCUT2D eigenvalue weighted by atomic mass is 16.3. The number of aliphatic hydroxyl groups is 3. The van der Waals surface area contributed by atoms with Crippen LogP contribution in [-0.2, 0) is 0 Å². The van der Waals surface area contributed by atoms with Gasteiger partial charge < -0.3 is 21.1 Å². The van der Waals surface area contributed by atoms with E-state index in [1.54, 1.807) is 7.05 Å². The van der Waals surface area contributed by atoms with Crippen molar-refractivity contribution in [2.24, 2.45) is 10.7 Å². The van der Waals surface area contributed by atoms with Gasteiger partial charge in [0.05, 0.1) is 19.7 Å². The summed E-state index contributed by atoms with van der Waals surface area (Å²) in [5.74, 6) is 0.0994. The van der Waals surface area contributed by atoms with Gasteiger partial charge in [0.1, 0.15) is 24.2 Å². The molecule has 0 saturated carbocycles. The molecule has 2 rings (SSSR count). The van der Waals surface area contributed by atoms with E-state index in [0.29, 0.717) is 0 Å². The first-order valence-electron chi connectivity index (χ1n) is 5.57. The second-order valence-electron chi connectivity index (χ2n) is 4.66. The number of nitrogens with zero attached hydrogens (tertiary/aromatic N) is 2. The van der Waals surface area contributed by atoms with Crippen LogP contribution in [0.25, 0.3) is 0 Å².